The first-order valence-corrected chi connectivity index (χ1v) is 3.39. The van der Waals surface area contributed by atoms with Gasteiger partial charge in [-0.25, -0.2) is 0 Å². The second-order valence-corrected chi connectivity index (χ2v) is 2.12. The van der Waals surface area contributed by atoms with Crippen molar-refractivity contribution < 1.29 is 27.1 Å². The molecule has 1 fully saturated rings. The first-order valence-electron chi connectivity index (χ1n) is 2.81. The molecule has 1 heterocycles. The van der Waals surface area contributed by atoms with E-state index in [-0.39, 0.29) is 22.4 Å². The van der Waals surface area contributed by atoms with Crippen LogP contribution in [0.1, 0.15) is 0 Å². The first-order chi connectivity index (χ1) is 3.93. The van der Waals surface area contributed by atoms with E-state index < -0.39 is 0 Å². The molecule has 0 amide bonds. The summed E-state index contributed by atoms with van der Waals surface area (Å²) in [6, 6.07) is 0. The van der Waals surface area contributed by atoms with Crippen LogP contribution in [0.25, 0.3) is 0 Å². The van der Waals surface area contributed by atoms with Crippen molar-refractivity contribution in [3.8, 4) is 0 Å². The molecule has 1 aliphatic heterocycles. The van der Waals surface area contributed by atoms with Gasteiger partial charge < -0.3 is 22.3 Å². The quantitative estimate of drug-likeness (QED) is 0.489. The van der Waals surface area contributed by atoms with Crippen molar-refractivity contribution in [3.63, 3.8) is 0 Å². The maximum atomic E-state index is 5.11. The van der Waals surface area contributed by atoms with Gasteiger partial charge in [-0.3, -0.25) is 0 Å². The van der Waals surface area contributed by atoms with Crippen molar-refractivity contribution in [2.75, 3.05) is 32.2 Å². The Labute approximate surface area is 76.9 Å². The molecule has 4 heteroatoms. The van der Waals surface area contributed by atoms with Crippen LogP contribution >= 0.6 is 0 Å². The summed E-state index contributed by atoms with van der Waals surface area (Å²) in [7, 11) is 0. The van der Waals surface area contributed by atoms with Gasteiger partial charge in [-0.15, -0.1) is 5.88 Å². The average molecular weight is 329 g/mol. The molecule has 0 aromatic heterocycles. The van der Waals surface area contributed by atoms with Crippen LogP contribution in [0.3, 0.4) is 0 Å². The van der Waals surface area contributed by atoms with Crippen LogP contribution in [0, 0.1) is 0 Å². The normalized spacial score (nSPS) is 21.0. The van der Waals surface area contributed by atoms with Gasteiger partial charge in [0.1, 0.15) is 0 Å². The van der Waals surface area contributed by atoms with Gasteiger partial charge in [0.25, 0.3) is 0 Å². The molecule has 2 nitrogen and oxygen atoms in total. The van der Waals surface area contributed by atoms with Crippen LogP contribution < -0.4 is 0 Å². The van der Waals surface area contributed by atoms with E-state index in [1.165, 1.54) is 0 Å². The van der Waals surface area contributed by atoms with E-state index >= 15 is 0 Å². The topological polar surface area (TPSA) is 12.5 Å². The summed E-state index contributed by atoms with van der Waals surface area (Å²) in [6.07, 6.45) is 0. The number of hydrogen-bond donors (Lipinski definition) is 0. The zero-order chi connectivity index (χ0) is 5.82. The molecule has 0 bridgehead atoms. The predicted molar refractivity (Wildman–Crippen MR) is 34.6 cm³/mol. The standard InChI is InChI=1S/C5H11NOS.Au/c8-5-6-1-3-7-4-2-6;/h8H,1-5H2;/q;+1/p-1. The summed E-state index contributed by atoms with van der Waals surface area (Å²) in [6.45, 7) is 3.75. The largest absolute Gasteiger partial charge is 1.00 e. The molecule has 1 aliphatic rings. The Morgan fingerprint density at radius 2 is 1.89 bits per heavy atom. The third kappa shape index (κ3) is 3.65. The molecule has 9 heavy (non-hydrogen) atoms. The van der Waals surface area contributed by atoms with Crippen molar-refractivity contribution in [1.82, 2.24) is 4.90 Å². The minimum Gasteiger partial charge on any atom is -0.777 e. The van der Waals surface area contributed by atoms with Crippen molar-refractivity contribution in [1.29, 1.82) is 0 Å². The van der Waals surface area contributed by atoms with Crippen LogP contribution in [0.4, 0.5) is 0 Å². The van der Waals surface area contributed by atoms with E-state index in [1.807, 2.05) is 0 Å². The molecule has 0 spiro atoms. The van der Waals surface area contributed by atoms with Gasteiger partial charge in [0.05, 0.1) is 13.2 Å². The van der Waals surface area contributed by atoms with Crippen LogP contribution in [-0.4, -0.2) is 37.1 Å². The Balaban J connectivity index is 0.000000640. The zero-order valence-corrected chi connectivity index (χ0v) is 8.08. The van der Waals surface area contributed by atoms with Crippen molar-refractivity contribution >= 4 is 12.6 Å². The van der Waals surface area contributed by atoms with E-state index in [2.05, 4.69) is 4.90 Å². The molecule has 0 radical (unpaired) electrons. The predicted octanol–water partition coefficient (Wildman–Crippen LogP) is -0.179. The molecular formula is C5H10AuNOS. The summed E-state index contributed by atoms with van der Waals surface area (Å²) in [5, 5.41) is 0. The minimum absolute atomic E-state index is 0. The fourth-order valence-corrected chi connectivity index (χ4v) is 0.988. The van der Waals surface area contributed by atoms with Gasteiger partial charge in [-0.1, -0.05) is 0 Å². The Bertz CT molecular complexity index is 68.0. The van der Waals surface area contributed by atoms with Gasteiger partial charge >= 0.3 is 22.4 Å². The smallest absolute Gasteiger partial charge is 0.777 e. The van der Waals surface area contributed by atoms with E-state index in [4.69, 9.17) is 17.4 Å². The summed E-state index contributed by atoms with van der Waals surface area (Å²) in [5.41, 5.74) is 0. The van der Waals surface area contributed by atoms with Crippen LogP contribution in [-0.2, 0) is 39.7 Å². The molecule has 58 valence electrons. The fourth-order valence-electron chi connectivity index (χ4n) is 0.730. The van der Waals surface area contributed by atoms with Crippen LogP contribution in [0.5, 0.6) is 0 Å². The number of ether oxygens (including phenoxy) is 1. The number of hydrogen-bond acceptors (Lipinski definition) is 3. The molecule has 0 N–H and O–H groups in total. The van der Waals surface area contributed by atoms with Gasteiger partial charge in [0, 0.05) is 13.1 Å². The van der Waals surface area contributed by atoms with E-state index in [1.54, 1.807) is 0 Å². The van der Waals surface area contributed by atoms with E-state index in [0.717, 1.165) is 32.2 Å². The summed E-state index contributed by atoms with van der Waals surface area (Å²) in [5.74, 6) is 0.753. The molecule has 0 unspecified atom stereocenters. The Morgan fingerprint density at radius 3 is 2.22 bits per heavy atom. The van der Waals surface area contributed by atoms with Gasteiger partial charge in [-0.2, -0.15) is 0 Å². The monoisotopic (exact) mass is 329 g/mol. The molecule has 0 aromatic rings. The number of rotatable bonds is 1. The third-order valence-corrected chi connectivity index (χ3v) is 1.65. The fraction of sp³-hybridized carbons (Fsp3) is 1.00. The minimum atomic E-state index is 0. The second kappa shape index (κ2) is 5.77. The first kappa shape index (κ1) is 10.0. The summed E-state index contributed by atoms with van der Waals surface area (Å²) < 4.78 is 5.11. The Hall–Kier alpha value is 1.01. The Kier molecular flexibility index (Phi) is 6.42. The average Bonchev–Trinajstić information content (AvgIpc) is 1.90. The van der Waals surface area contributed by atoms with Crippen molar-refractivity contribution in [3.05, 3.63) is 0 Å². The summed E-state index contributed by atoms with van der Waals surface area (Å²) in [4.78, 5) is 2.21. The maximum absolute atomic E-state index is 5.11. The third-order valence-electron chi connectivity index (χ3n) is 1.29. The van der Waals surface area contributed by atoms with Gasteiger partial charge in [0.2, 0.25) is 0 Å². The molecule has 0 saturated carbocycles. The van der Waals surface area contributed by atoms with E-state index in [0.29, 0.717) is 0 Å². The molecule has 0 atom stereocenters. The molecule has 0 aromatic carbocycles. The van der Waals surface area contributed by atoms with Crippen molar-refractivity contribution in [2.45, 2.75) is 0 Å². The molecule has 0 aliphatic carbocycles. The number of nitrogens with zero attached hydrogens (tertiary/aromatic N) is 1. The number of morpholine rings is 1. The van der Waals surface area contributed by atoms with E-state index in [9.17, 15) is 0 Å². The van der Waals surface area contributed by atoms with Gasteiger partial charge in [-0.05, 0) is 0 Å². The summed E-state index contributed by atoms with van der Waals surface area (Å²) >= 11 is 4.84. The van der Waals surface area contributed by atoms with Crippen molar-refractivity contribution in [2.24, 2.45) is 0 Å². The van der Waals surface area contributed by atoms with Crippen LogP contribution in [0.2, 0.25) is 0 Å². The molecular weight excluding hydrogens is 319 g/mol. The van der Waals surface area contributed by atoms with Gasteiger partial charge in [0.15, 0.2) is 0 Å². The SMILES string of the molecule is [Au+].[S-]CN1CCOCC1. The molecule has 1 rings (SSSR count). The maximum Gasteiger partial charge on any atom is 1.00 e. The molecule has 1 saturated heterocycles. The van der Waals surface area contributed by atoms with Crippen LogP contribution in [0.15, 0.2) is 0 Å². The Morgan fingerprint density at radius 1 is 1.33 bits per heavy atom. The zero-order valence-electron chi connectivity index (χ0n) is 5.10. The second-order valence-electron chi connectivity index (χ2n) is 1.86.